The third kappa shape index (κ3) is 4.33. The SMILES string of the molecule is Cc1cc(C(C)NC(=O)N(Cc2ccco2)Cc2ccco2)c(C)s1. The smallest absolute Gasteiger partial charge is 0.318 e. The third-order valence-electron chi connectivity index (χ3n) is 4.03. The zero-order valence-corrected chi connectivity index (χ0v) is 15.4. The van der Waals surface area contributed by atoms with Crippen molar-refractivity contribution < 1.29 is 13.6 Å². The Labute approximate surface area is 151 Å². The lowest BCUT2D eigenvalue weighted by molar-refractivity contribution is 0.179. The van der Waals surface area contributed by atoms with E-state index in [4.69, 9.17) is 8.83 Å². The molecular formula is C19H22N2O3S. The lowest BCUT2D eigenvalue weighted by Crippen LogP contribution is -2.40. The summed E-state index contributed by atoms with van der Waals surface area (Å²) in [6, 6.07) is 9.28. The minimum Gasteiger partial charge on any atom is -0.467 e. The molecule has 25 heavy (non-hydrogen) atoms. The Hall–Kier alpha value is -2.47. The minimum atomic E-state index is -0.149. The summed E-state index contributed by atoms with van der Waals surface area (Å²) in [7, 11) is 0. The quantitative estimate of drug-likeness (QED) is 0.673. The molecule has 0 bridgehead atoms. The van der Waals surface area contributed by atoms with E-state index in [1.54, 1.807) is 28.8 Å². The maximum atomic E-state index is 12.8. The maximum absolute atomic E-state index is 12.8. The second kappa shape index (κ2) is 7.61. The van der Waals surface area contributed by atoms with Crippen molar-refractivity contribution in [1.29, 1.82) is 0 Å². The van der Waals surface area contributed by atoms with E-state index in [9.17, 15) is 4.79 Å². The Morgan fingerprint density at radius 3 is 2.20 bits per heavy atom. The Balaban J connectivity index is 1.72. The Morgan fingerprint density at radius 1 is 1.16 bits per heavy atom. The molecule has 3 aromatic heterocycles. The number of nitrogens with one attached hydrogen (secondary N) is 1. The van der Waals surface area contributed by atoms with E-state index in [1.807, 2.05) is 31.2 Å². The first-order valence-electron chi connectivity index (χ1n) is 8.20. The van der Waals surface area contributed by atoms with Crippen LogP contribution in [0.2, 0.25) is 0 Å². The first-order valence-corrected chi connectivity index (χ1v) is 9.01. The van der Waals surface area contributed by atoms with Crippen LogP contribution in [0.25, 0.3) is 0 Å². The fourth-order valence-corrected chi connectivity index (χ4v) is 3.84. The van der Waals surface area contributed by atoms with Gasteiger partial charge in [0.05, 0.1) is 31.7 Å². The second-order valence-electron chi connectivity index (χ2n) is 6.05. The molecule has 2 amide bonds. The third-order valence-corrected chi connectivity index (χ3v) is 5.01. The van der Waals surface area contributed by atoms with Gasteiger partial charge in [-0.05, 0) is 56.7 Å². The van der Waals surface area contributed by atoms with Gasteiger partial charge in [0.1, 0.15) is 11.5 Å². The zero-order chi connectivity index (χ0) is 17.8. The van der Waals surface area contributed by atoms with Gasteiger partial charge in [0.15, 0.2) is 0 Å². The second-order valence-corrected chi connectivity index (χ2v) is 7.51. The Morgan fingerprint density at radius 2 is 1.76 bits per heavy atom. The van der Waals surface area contributed by atoms with Gasteiger partial charge in [-0.15, -0.1) is 11.3 Å². The van der Waals surface area contributed by atoms with Crippen molar-refractivity contribution in [2.45, 2.75) is 39.9 Å². The van der Waals surface area contributed by atoms with E-state index < -0.39 is 0 Å². The zero-order valence-electron chi connectivity index (χ0n) is 14.6. The van der Waals surface area contributed by atoms with Crippen molar-refractivity contribution in [3.63, 3.8) is 0 Å². The van der Waals surface area contributed by atoms with Crippen molar-refractivity contribution in [2.75, 3.05) is 0 Å². The van der Waals surface area contributed by atoms with Crippen molar-refractivity contribution in [3.8, 4) is 0 Å². The van der Waals surface area contributed by atoms with E-state index in [-0.39, 0.29) is 12.1 Å². The summed E-state index contributed by atoms with van der Waals surface area (Å²) in [5.74, 6) is 1.47. The number of amides is 2. The van der Waals surface area contributed by atoms with Gasteiger partial charge >= 0.3 is 6.03 Å². The normalized spacial score (nSPS) is 12.1. The summed E-state index contributed by atoms with van der Waals surface area (Å²) >= 11 is 1.75. The van der Waals surface area contributed by atoms with Crippen LogP contribution in [0.3, 0.4) is 0 Å². The highest BCUT2D eigenvalue weighted by Gasteiger charge is 2.20. The summed E-state index contributed by atoms with van der Waals surface area (Å²) in [5.41, 5.74) is 1.16. The lowest BCUT2D eigenvalue weighted by Gasteiger charge is -2.24. The highest BCUT2D eigenvalue weighted by atomic mass is 32.1. The molecule has 0 saturated carbocycles. The van der Waals surface area contributed by atoms with Crippen molar-refractivity contribution >= 4 is 17.4 Å². The van der Waals surface area contributed by atoms with Gasteiger partial charge in [0.2, 0.25) is 0 Å². The minimum absolute atomic E-state index is 0.0619. The van der Waals surface area contributed by atoms with Crippen LogP contribution in [-0.2, 0) is 13.1 Å². The maximum Gasteiger partial charge on any atom is 0.318 e. The van der Waals surface area contributed by atoms with Gasteiger partial charge in [-0.3, -0.25) is 0 Å². The predicted molar refractivity (Wildman–Crippen MR) is 97.4 cm³/mol. The molecule has 0 saturated heterocycles. The topological polar surface area (TPSA) is 58.6 Å². The molecule has 5 nitrogen and oxygen atoms in total. The van der Waals surface area contributed by atoms with E-state index >= 15 is 0 Å². The standard InChI is InChI=1S/C19H22N2O3S/c1-13-10-18(15(3)25-13)14(2)20-19(22)21(11-16-6-4-8-23-16)12-17-7-5-9-24-17/h4-10,14H,11-12H2,1-3H3,(H,20,22). The number of rotatable bonds is 6. The molecule has 3 heterocycles. The predicted octanol–water partition coefficient (Wildman–Crippen LogP) is 5.02. The number of furan rings is 2. The number of carbonyl (C=O) groups excluding carboxylic acids is 1. The average Bonchev–Trinajstić information content (AvgIpc) is 3.29. The molecule has 0 aliphatic heterocycles. The molecule has 6 heteroatoms. The van der Waals surface area contributed by atoms with Crippen LogP contribution < -0.4 is 5.32 Å². The fourth-order valence-electron chi connectivity index (χ4n) is 2.82. The van der Waals surface area contributed by atoms with Gasteiger partial charge in [-0.1, -0.05) is 0 Å². The van der Waals surface area contributed by atoms with Crippen LogP contribution >= 0.6 is 11.3 Å². The van der Waals surface area contributed by atoms with Crippen LogP contribution in [0.1, 0.15) is 39.8 Å². The molecule has 1 N–H and O–H groups in total. The number of nitrogens with zero attached hydrogens (tertiary/aromatic N) is 1. The van der Waals surface area contributed by atoms with Gasteiger partial charge < -0.3 is 19.1 Å². The molecule has 0 fully saturated rings. The highest BCUT2D eigenvalue weighted by Crippen LogP contribution is 2.26. The highest BCUT2D eigenvalue weighted by molar-refractivity contribution is 7.12. The average molecular weight is 358 g/mol. The summed E-state index contributed by atoms with van der Waals surface area (Å²) in [5, 5.41) is 3.09. The van der Waals surface area contributed by atoms with E-state index in [0.29, 0.717) is 13.1 Å². The van der Waals surface area contributed by atoms with E-state index in [0.717, 1.165) is 17.1 Å². The number of thiophene rings is 1. The number of carbonyl (C=O) groups is 1. The Kier molecular flexibility index (Phi) is 5.28. The number of urea groups is 1. The molecule has 1 atom stereocenters. The number of hydrogen-bond acceptors (Lipinski definition) is 4. The molecule has 0 aliphatic rings. The number of hydrogen-bond donors (Lipinski definition) is 1. The van der Waals surface area contributed by atoms with Crippen LogP contribution in [0.15, 0.2) is 51.7 Å². The van der Waals surface area contributed by atoms with E-state index in [1.165, 1.54) is 9.75 Å². The molecule has 3 rings (SSSR count). The summed E-state index contributed by atoms with van der Waals surface area (Å²) < 4.78 is 10.8. The van der Waals surface area contributed by atoms with Crippen molar-refractivity contribution in [3.05, 3.63) is 69.7 Å². The summed E-state index contributed by atoms with van der Waals surface area (Å²) in [6.07, 6.45) is 3.22. The first-order chi connectivity index (χ1) is 12.0. The molecule has 1 unspecified atom stereocenters. The van der Waals surface area contributed by atoms with Crippen LogP contribution in [0.5, 0.6) is 0 Å². The van der Waals surface area contributed by atoms with Gasteiger partial charge in [0, 0.05) is 9.75 Å². The largest absolute Gasteiger partial charge is 0.467 e. The Bertz CT molecular complexity index is 770. The van der Waals surface area contributed by atoms with Crippen LogP contribution in [0.4, 0.5) is 4.79 Å². The molecule has 0 aliphatic carbocycles. The van der Waals surface area contributed by atoms with Gasteiger partial charge in [-0.25, -0.2) is 4.79 Å². The molecule has 132 valence electrons. The van der Waals surface area contributed by atoms with Crippen molar-refractivity contribution in [2.24, 2.45) is 0 Å². The lowest BCUT2D eigenvalue weighted by atomic mass is 10.1. The first kappa shape index (κ1) is 17.4. The fraction of sp³-hybridized carbons (Fsp3) is 0.316. The summed E-state index contributed by atoms with van der Waals surface area (Å²) in [4.78, 5) is 17.0. The van der Waals surface area contributed by atoms with Gasteiger partial charge in [-0.2, -0.15) is 0 Å². The molecule has 0 aromatic carbocycles. The van der Waals surface area contributed by atoms with Gasteiger partial charge in [0.25, 0.3) is 0 Å². The molecule has 3 aromatic rings. The van der Waals surface area contributed by atoms with Crippen molar-refractivity contribution in [1.82, 2.24) is 10.2 Å². The van der Waals surface area contributed by atoms with Crippen LogP contribution in [-0.4, -0.2) is 10.9 Å². The summed E-state index contributed by atoms with van der Waals surface area (Å²) in [6.45, 7) is 6.93. The van der Waals surface area contributed by atoms with E-state index in [2.05, 4.69) is 25.2 Å². The monoisotopic (exact) mass is 358 g/mol. The molecular weight excluding hydrogens is 336 g/mol. The number of aryl methyl sites for hydroxylation is 2. The molecule has 0 spiro atoms. The van der Waals surface area contributed by atoms with Crippen LogP contribution in [0, 0.1) is 13.8 Å². The molecule has 0 radical (unpaired) electrons.